The van der Waals surface area contributed by atoms with Crippen LogP contribution in [0.4, 0.5) is 0 Å². The Hall–Kier alpha value is -0.630. The molecule has 1 atom stereocenters. The second kappa shape index (κ2) is 2.93. The number of aliphatic hydroxyl groups is 1. The van der Waals surface area contributed by atoms with E-state index in [0.29, 0.717) is 12.8 Å². The first-order valence-electron chi connectivity index (χ1n) is 5.42. The fourth-order valence-corrected chi connectivity index (χ4v) is 2.87. The molecular weight excluding hydrogens is 176 g/mol. The zero-order valence-corrected chi connectivity index (χ0v) is 8.97. The van der Waals surface area contributed by atoms with E-state index in [2.05, 4.69) is 13.8 Å². The fourth-order valence-electron chi connectivity index (χ4n) is 2.87. The van der Waals surface area contributed by atoms with Gasteiger partial charge in [-0.05, 0) is 42.7 Å². The fraction of sp³-hybridized carbons (Fsp3) is 0.750. The molecule has 78 valence electrons. The van der Waals surface area contributed by atoms with Gasteiger partial charge in [0.25, 0.3) is 0 Å². The Morgan fingerprint density at radius 1 is 1.29 bits per heavy atom. The lowest BCUT2D eigenvalue weighted by Crippen LogP contribution is -2.44. The van der Waals surface area contributed by atoms with E-state index >= 15 is 0 Å². The Kier molecular flexibility index (Phi) is 2.07. The number of ketones is 1. The maximum Gasteiger partial charge on any atom is 0.155 e. The minimum atomic E-state index is -0.671. The van der Waals surface area contributed by atoms with Crippen molar-refractivity contribution in [3.8, 4) is 0 Å². The van der Waals surface area contributed by atoms with E-state index < -0.39 is 5.60 Å². The third-order valence-electron chi connectivity index (χ3n) is 3.71. The molecule has 2 nitrogen and oxygen atoms in total. The number of fused-ring (bicyclic) bond motifs is 1. The van der Waals surface area contributed by atoms with Crippen molar-refractivity contribution in [1.82, 2.24) is 0 Å². The van der Waals surface area contributed by atoms with Gasteiger partial charge in [0, 0.05) is 6.42 Å². The molecule has 14 heavy (non-hydrogen) atoms. The van der Waals surface area contributed by atoms with Crippen molar-refractivity contribution >= 4 is 5.78 Å². The summed E-state index contributed by atoms with van der Waals surface area (Å²) in [5.74, 6) is 0.180. The van der Waals surface area contributed by atoms with Gasteiger partial charge in [-0.2, -0.15) is 0 Å². The summed E-state index contributed by atoms with van der Waals surface area (Å²) in [7, 11) is 0. The SMILES string of the molecule is CC1(C)CCCC2(O)CCC(=O)C=C12. The second-order valence-corrected chi connectivity index (χ2v) is 5.29. The molecule has 0 aliphatic heterocycles. The molecule has 0 radical (unpaired) electrons. The summed E-state index contributed by atoms with van der Waals surface area (Å²) >= 11 is 0. The predicted molar refractivity (Wildman–Crippen MR) is 54.9 cm³/mol. The van der Waals surface area contributed by atoms with E-state index in [1.807, 2.05) is 0 Å². The van der Waals surface area contributed by atoms with E-state index in [-0.39, 0.29) is 11.2 Å². The van der Waals surface area contributed by atoms with Crippen molar-refractivity contribution in [2.45, 2.75) is 51.6 Å². The van der Waals surface area contributed by atoms with Gasteiger partial charge < -0.3 is 5.11 Å². The van der Waals surface area contributed by atoms with Gasteiger partial charge >= 0.3 is 0 Å². The van der Waals surface area contributed by atoms with E-state index in [4.69, 9.17) is 0 Å². The number of hydrogen-bond acceptors (Lipinski definition) is 2. The minimum Gasteiger partial charge on any atom is -0.385 e. The van der Waals surface area contributed by atoms with Gasteiger partial charge in [-0.15, -0.1) is 0 Å². The lowest BCUT2D eigenvalue weighted by molar-refractivity contribution is -0.117. The number of carbonyl (C=O) groups excluding carboxylic acids is 1. The van der Waals surface area contributed by atoms with Crippen LogP contribution in [0.5, 0.6) is 0 Å². The summed E-state index contributed by atoms with van der Waals surface area (Å²) in [5.41, 5.74) is 0.311. The van der Waals surface area contributed by atoms with E-state index in [9.17, 15) is 9.90 Å². The molecule has 2 aliphatic carbocycles. The molecule has 1 N–H and O–H groups in total. The Balaban J connectivity index is 2.43. The number of allylic oxidation sites excluding steroid dienone is 1. The lowest BCUT2D eigenvalue weighted by Gasteiger charge is -2.46. The molecule has 0 heterocycles. The first-order chi connectivity index (χ1) is 6.44. The minimum absolute atomic E-state index is 0.00306. The monoisotopic (exact) mass is 194 g/mol. The van der Waals surface area contributed by atoms with Crippen LogP contribution >= 0.6 is 0 Å². The van der Waals surface area contributed by atoms with Gasteiger partial charge in [0.15, 0.2) is 5.78 Å². The average molecular weight is 194 g/mol. The molecule has 0 bridgehead atoms. The Morgan fingerprint density at radius 3 is 2.71 bits per heavy atom. The van der Waals surface area contributed by atoms with Crippen LogP contribution in [0.2, 0.25) is 0 Å². The topological polar surface area (TPSA) is 37.3 Å². The molecular formula is C12H18O2. The number of rotatable bonds is 0. The van der Waals surface area contributed by atoms with Crippen molar-refractivity contribution in [2.24, 2.45) is 5.41 Å². The van der Waals surface area contributed by atoms with Crippen molar-refractivity contribution in [3.63, 3.8) is 0 Å². The van der Waals surface area contributed by atoms with Gasteiger partial charge in [0.05, 0.1) is 5.60 Å². The Labute approximate surface area is 85.0 Å². The van der Waals surface area contributed by atoms with Crippen molar-refractivity contribution in [3.05, 3.63) is 11.6 Å². The van der Waals surface area contributed by atoms with Gasteiger partial charge in [-0.1, -0.05) is 13.8 Å². The van der Waals surface area contributed by atoms with Crippen LogP contribution in [0, 0.1) is 5.41 Å². The van der Waals surface area contributed by atoms with Crippen LogP contribution in [-0.2, 0) is 4.79 Å². The summed E-state index contributed by atoms with van der Waals surface area (Å²) < 4.78 is 0. The average Bonchev–Trinajstić information content (AvgIpc) is 2.08. The summed E-state index contributed by atoms with van der Waals surface area (Å²) in [6, 6.07) is 0. The molecule has 2 rings (SSSR count). The highest BCUT2D eigenvalue weighted by molar-refractivity contribution is 5.92. The van der Waals surface area contributed by atoms with Gasteiger partial charge in [-0.3, -0.25) is 4.79 Å². The molecule has 2 heteroatoms. The van der Waals surface area contributed by atoms with Crippen LogP contribution < -0.4 is 0 Å². The largest absolute Gasteiger partial charge is 0.385 e. The van der Waals surface area contributed by atoms with Gasteiger partial charge in [-0.25, -0.2) is 0 Å². The summed E-state index contributed by atoms with van der Waals surface area (Å²) in [5, 5.41) is 10.4. The molecule has 0 aromatic carbocycles. The third kappa shape index (κ3) is 1.42. The normalized spacial score (nSPS) is 36.2. The summed E-state index contributed by atoms with van der Waals surface area (Å²) in [4.78, 5) is 11.4. The molecule has 1 saturated carbocycles. The van der Waals surface area contributed by atoms with Crippen LogP contribution in [0.25, 0.3) is 0 Å². The highest BCUT2D eigenvalue weighted by Crippen LogP contribution is 2.49. The van der Waals surface area contributed by atoms with Crippen LogP contribution in [0.3, 0.4) is 0 Å². The van der Waals surface area contributed by atoms with Crippen LogP contribution in [-0.4, -0.2) is 16.5 Å². The summed E-state index contributed by atoms with van der Waals surface area (Å²) in [6.45, 7) is 4.25. The highest BCUT2D eigenvalue weighted by Gasteiger charge is 2.45. The Morgan fingerprint density at radius 2 is 2.00 bits per heavy atom. The molecule has 0 aromatic heterocycles. The van der Waals surface area contributed by atoms with E-state index in [1.165, 1.54) is 0 Å². The highest BCUT2D eigenvalue weighted by atomic mass is 16.3. The van der Waals surface area contributed by atoms with Gasteiger partial charge in [0.1, 0.15) is 0 Å². The van der Waals surface area contributed by atoms with Crippen molar-refractivity contribution in [1.29, 1.82) is 0 Å². The van der Waals surface area contributed by atoms with Crippen molar-refractivity contribution in [2.75, 3.05) is 0 Å². The van der Waals surface area contributed by atoms with Crippen LogP contribution in [0.1, 0.15) is 46.0 Å². The third-order valence-corrected chi connectivity index (χ3v) is 3.71. The second-order valence-electron chi connectivity index (χ2n) is 5.29. The zero-order chi connectivity index (χ0) is 10.4. The Bertz CT molecular complexity index is 301. The van der Waals surface area contributed by atoms with E-state index in [1.54, 1.807) is 6.08 Å². The molecule has 1 fully saturated rings. The summed E-state index contributed by atoms with van der Waals surface area (Å²) in [6.07, 6.45) is 5.80. The molecule has 0 spiro atoms. The molecule has 0 saturated heterocycles. The number of hydrogen-bond donors (Lipinski definition) is 1. The quantitative estimate of drug-likeness (QED) is 0.642. The molecule has 0 amide bonds. The first kappa shape index (κ1) is 9.91. The maximum absolute atomic E-state index is 11.4. The molecule has 2 aliphatic rings. The lowest BCUT2D eigenvalue weighted by atomic mass is 9.62. The first-order valence-corrected chi connectivity index (χ1v) is 5.42. The standard InChI is InChI=1S/C12H18O2/c1-11(2)5-3-6-12(14)7-4-9(13)8-10(11)12/h8,14H,3-7H2,1-2H3. The van der Waals surface area contributed by atoms with E-state index in [0.717, 1.165) is 24.8 Å². The molecule has 0 aromatic rings. The zero-order valence-electron chi connectivity index (χ0n) is 8.97. The number of carbonyl (C=O) groups is 1. The van der Waals surface area contributed by atoms with Crippen molar-refractivity contribution < 1.29 is 9.90 Å². The predicted octanol–water partition coefficient (Wildman–Crippen LogP) is 2.22. The van der Waals surface area contributed by atoms with Crippen LogP contribution in [0.15, 0.2) is 11.6 Å². The smallest absolute Gasteiger partial charge is 0.155 e. The maximum atomic E-state index is 11.4. The molecule has 1 unspecified atom stereocenters. The van der Waals surface area contributed by atoms with Gasteiger partial charge in [0.2, 0.25) is 0 Å².